The molecule has 0 N–H and O–H groups in total. The van der Waals surface area contributed by atoms with Gasteiger partial charge < -0.3 is 14.4 Å². The van der Waals surface area contributed by atoms with Gasteiger partial charge in [-0.25, -0.2) is 4.98 Å². The van der Waals surface area contributed by atoms with Crippen molar-refractivity contribution < 1.29 is 19.2 Å². The van der Waals surface area contributed by atoms with Gasteiger partial charge in [-0.05, 0) is 50.0 Å². The Bertz CT molecular complexity index is 701. The summed E-state index contributed by atoms with van der Waals surface area (Å²) in [6, 6.07) is 1.79. The first kappa shape index (κ1) is 20.5. The number of rotatable bonds is 9. The van der Waals surface area contributed by atoms with Gasteiger partial charge in [-0.15, -0.1) is 0 Å². The van der Waals surface area contributed by atoms with Crippen LogP contribution in [-0.2, 0) is 14.3 Å². The average Bonchev–Trinajstić information content (AvgIpc) is 3.50. The predicted molar refractivity (Wildman–Crippen MR) is 104 cm³/mol. The molecule has 2 heterocycles. The van der Waals surface area contributed by atoms with Crippen LogP contribution in [0.1, 0.15) is 57.4 Å². The number of hydrogen-bond donors (Lipinski definition) is 0. The Morgan fingerprint density at radius 2 is 2.11 bits per heavy atom. The second-order valence-corrected chi connectivity index (χ2v) is 7.72. The Balaban J connectivity index is 1.85. The van der Waals surface area contributed by atoms with Crippen LogP contribution in [0.2, 0.25) is 0 Å². The number of carbonyl (C=O) groups excluding carboxylic acids is 1. The third kappa shape index (κ3) is 5.19. The van der Waals surface area contributed by atoms with Gasteiger partial charge in [0.05, 0.1) is 18.0 Å². The molecule has 0 amide bonds. The quantitative estimate of drug-likeness (QED) is 0.361. The maximum Gasteiger partial charge on any atom is 0.311 e. The summed E-state index contributed by atoms with van der Waals surface area (Å²) in [6.45, 7) is 6.09. The van der Waals surface area contributed by atoms with E-state index in [0.29, 0.717) is 37.1 Å². The summed E-state index contributed by atoms with van der Waals surface area (Å²) in [4.78, 5) is 29.9. The van der Waals surface area contributed by atoms with Crippen LogP contribution in [0.3, 0.4) is 0 Å². The van der Waals surface area contributed by atoms with E-state index in [-0.39, 0.29) is 35.0 Å². The average molecular weight is 391 g/mol. The number of nitro groups is 1. The standard InChI is InChI=1S/C20H29N3O5/c1-3-28-19(24)10-14(2)16-11-18(23(25)26)20(21-12-16)22(13-15-4-5-15)17-6-8-27-9-7-17/h11-12,14-15,17H,3-10,13H2,1-2H3. The number of ether oxygens (including phenoxy) is 2. The Morgan fingerprint density at radius 1 is 1.39 bits per heavy atom. The maximum absolute atomic E-state index is 11.8. The third-order valence-corrected chi connectivity index (χ3v) is 5.47. The smallest absolute Gasteiger partial charge is 0.311 e. The number of esters is 1. The van der Waals surface area contributed by atoms with Crippen molar-refractivity contribution in [1.82, 2.24) is 4.98 Å². The summed E-state index contributed by atoms with van der Waals surface area (Å²) in [6.07, 6.45) is 5.90. The fraction of sp³-hybridized carbons (Fsp3) is 0.700. The molecule has 8 heteroatoms. The molecule has 1 aromatic rings. The van der Waals surface area contributed by atoms with Crippen molar-refractivity contribution in [1.29, 1.82) is 0 Å². The molecule has 0 aromatic carbocycles. The lowest BCUT2D eigenvalue weighted by atomic mass is 9.98. The lowest BCUT2D eigenvalue weighted by molar-refractivity contribution is -0.384. The highest BCUT2D eigenvalue weighted by Crippen LogP contribution is 2.37. The van der Waals surface area contributed by atoms with Gasteiger partial charge in [0, 0.05) is 38.1 Å². The molecule has 1 atom stereocenters. The van der Waals surface area contributed by atoms with Crippen LogP contribution in [0.15, 0.2) is 12.3 Å². The zero-order chi connectivity index (χ0) is 20.1. The van der Waals surface area contributed by atoms with Crippen molar-refractivity contribution >= 4 is 17.5 Å². The fourth-order valence-electron chi connectivity index (χ4n) is 3.66. The zero-order valence-corrected chi connectivity index (χ0v) is 16.6. The van der Waals surface area contributed by atoms with Crippen LogP contribution < -0.4 is 4.90 Å². The SMILES string of the molecule is CCOC(=O)CC(C)c1cnc(N(CC2CC2)C2CCOCC2)c([N+](=O)[O-])c1. The van der Waals surface area contributed by atoms with Crippen LogP contribution >= 0.6 is 0 Å². The van der Waals surface area contributed by atoms with E-state index < -0.39 is 0 Å². The molecule has 3 rings (SSSR count). The number of pyridine rings is 1. The number of nitrogens with zero attached hydrogens (tertiary/aromatic N) is 3. The molecule has 8 nitrogen and oxygen atoms in total. The highest BCUT2D eigenvalue weighted by Gasteiger charge is 2.34. The van der Waals surface area contributed by atoms with Crippen molar-refractivity contribution in [3.63, 3.8) is 0 Å². The lowest BCUT2D eigenvalue weighted by Crippen LogP contribution is -2.41. The van der Waals surface area contributed by atoms with Crippen LogP contribution in [0.4, 0.5) is 11.5 Å². The van der Waals surface area contributed by atoms with E-state index in [1.165, 1.54) is 12.8 Å². The molecule has 1 saturated heterocycles. The summed E-state index contributed by atoms with van der Waals surface area (Å²) < 4.78 is 10.5. The van der Waals surface area contributed by atoms with E-state index in [0.717, 1.165) is 19.4 Å². The summed E-state index contributed by atoms with van der Waals surface area (Å²) >= 11 is 0. The number of carbonyl (C=O) groups is 1. The molecule has 1 aromatic heterocycles. The molecule has 154 valence electrons. The molecule has 28 heavy (non-hydrogen) atoms. The Morgan fingerprint density at radius 3 is 2.71 bits per heavy atom. The van der Waals surface area contributed by atoms with Crippen LogP contribution in [0, 0.1) is 16.0 Å². The normalized spacial score (nSPS) is 18.5. The molecule has 1 unspecified atom stereocenters. The summed E-state index contributed by atoms with van der Waals surface area (Å²) in [5, 5.41) is 11.8. The molecule has 1 aliphatic carbocycles. The van der Waals surface area contributed by atoms with E-state index in [4.69, 9.17) is 9.47 Å². The van der Waals surface area contributed by atoms with E-state index in [1.807, 2.05) is 6.92 Å². The van der Waals surface area contributed by atoms with E-state index in [9.17, 15) is 14.9 Å². The monoisotopic (exact) mass is 391 g/mol. The largest absolute Gasteiger partial charge is 0.466 e. The molecule has 1 saturated carbocycles. The second-order valence-electron chi connectivity index (χ2n) is 7.72. The van der Waals surface area contributed by atoms with Crippen molar-refractivity contribution in [3.05, 3.63) is 27.9 Å². The van der Waals surface area contributed by atoms with E-state index in [2.05, 4.69) is 9.88 Å². The van der Waals surface area contributed by atoms with Crippen molar-refractivity contribution in [2.75, 3.05) is 31.3 Å². The summed E-state index contributed by atoms with van der Waals surface area (Å²) in [7, 11) is 0. The second kappa shape index (κ2) is 9.32. The minimum absolute atomic E-state index is 0.0142. The molecular formula is C20H29N3O5. The number of aromatic nitrogens is 1. The maximum atomic E-state index is 11.8. The lowest BCUT2D eigenvalue weighted by Gasteiger charge is -2.35. The van der Waals surface area contributed by atoms with Gasteiger partial charge in [0.25, 0.3) is 0 Å². The first-order chi connectivity index (χ1) is 13.5. The number of hydrogen-bond acceptors (Lipinski definition) is 7. The zero-order valence-electron chi connectivity index (χ0n) is 16.6. The molecule has 2 aliphatic rings. The first-order valence-corrected chi connectivity index (χ1v) is 10.1. The Kier molecular flexibility index (Phi) is 6.83. The van der Waals surface area contributed by atoms with Gasteiger partial charge in [0.2, 0.25) is 5.82 Å². The topological polar surface area (TPSA) is 94.8 Å². The van der Waals surface area contributed by atoms with Crippen LogP contribution in [0.5, 0.6) is 0 Å². The highest BCUT2D eigenvalue weighted by atomic mass is 16.6. The minimum atomic E-state index is -0.359. The van der Waals surface area contributed by atoms with Gasteiger partial charge in [-0.3, -0.25) is 14.9 Å². The molecular weight excluding hydrogens is 362 g/mol. The van der Waals surface area contributed by atoms with Crippen LogP contribution in [-0.4, -0.2) is 48.3 Å². The summed E-state index contributed by atoms with van der Waals surface area (Å²) in [5.74, 6) is 0.529. The van der Waals surface area contributed by atoms with E-state index >= 15 is 0 Å². The van der Waals surface area contributed by atoms with Crippen molar-refractivity contribution in [3.8, 4) is 0 Å². The van der Waals surface area contributed by atoms with Gasteiger partial charge in [-0.1, -0.05) is 6.92 Å². The van der Waals surface area contributed by atoms with Crippen molar-refractivity contribution in [2.24, 2.45) is 5.92 Å². The summed E-state index contributed by atoms with van der Waals surface area (Å²) in [5.41, 5.74) is 0.696. The number of anilines is 1. The third-order valence-electron chi connectivity index (χ3n) is 5.47. The molecule has 0 radical (unpaired) electrons. The van der Waals surface area contributed by atoms with Crippen molar-refractivity contribution in [2.45, 2.75) is 57.9 Å². The molecule has 0 bridgehead atoms. The van der Waals surface area contributed by atoms with Gasteiger partial charge in [0.15, 0.2) is 0 Å². The molecule has 2 fully saturated rings. The molecule has 1 aliphatic heterocycles. The predicted octanol–water partition coefficient (Wildman–Crippen LogP) is 3.44. The Hall–Kier alpha value is -2.22. The van der Waals surface area contributed by atoms with Gasteiger partial charge >= 0.3 is 11.7 Å². The van der Waals surface area contributed by atoms with E-state index in [1.54, 1.807) is 19.2 Å². The van der Waals surface area contributed by atoms with Crippen LogP contribution in [0.25, 0.3) is 0 Å². The minimum Gasteiger partial charge on any atom is -0.466 e. The molecule has 0 spiro atoms. The first-order valence-electron chi connectivity index (χ1n) is 10.1. The van der Waals surface area contributed by atoms with Gasteiger partial charge in [0.1, 0.15) is 0 Å². The fourth-order valence-corrected chi connectivity index (χ4v) is 3.66. The Labute approximate surface area is 165 Å². The van der Waals surface area contributed by atoms with Gasteiger partial charge in [-0.2, -0.15) is 0 Å². The highest BCUT2D eigenvalue weighted by molar-refractivity contribution is 5.70.